The highest BCUT2D eigenvalue weighted by atomic mass is 28.4. The van der Waals surface area contributed by atoms with Gasteiger partial charge in [-0.05, 0) is 34.2 Å². The summed E-state index contributed by atoms with van der Waals surface area (Å²) in [6.45, 7) is 10.1. The van der Waals surface area contributed by atoms with Gasteiger partial charge in [0.2, 0.25) is 0 Å². The monoisotopic (exact) mass is 356 g/mol. The van der Waals surface area contributed by atoms with Gasteiger partial charge in [0.15, 0.2) is 0 Å². The van der Waals surface area contributed by atoms with E-state index in [-0.39, 0.29) is 11.6 Å². The van der Waals surface area contributed by atoms with Gasteiger partial charge in [0.1, 0.15) is 0 Å². The van der Waals surface area contributed by atoms with Crippen LogP contribution in [0.3, 0.4) is 0 Å². The fourth-order valence-corrected chi connectivity index (χ4v) is 8.12. The summed E-state index contributed by atoms with van der Waals surface area (Å²) in [5, 5.41) is 11.8. The fourth-order valence-electron chi connectivity index (χ4n) is 3.54. The van der Waals surface area contributed by atoms with E-state index >= 15 is 0 Å². The maximum Gasteiger partial charge on any atom is 0.261 e. The van der Waals surface area contributed by atoms with E-state index in [0.29, 0.717) is 5.92 Å². The van der Waals surface area contributed by atoms with E-state index in [1.54, 1.807) is 0 Å². The summed E-state index contributed by atoms with van der Waals surface area (Å²) in [5.74, 6) is 0.475. The molecule has 1 unspecified atom stereocenters. The smallest absolute Gasteiger partial charge is 0.261 e. The number of aliphatic hydroxyl groups is 1. The number of hydrogen-bond acceptors (Lipinski definition) is 2. The van der Waals surface area contributed by atoms with Gasteiger partial charge in [0.05, 0.1) is 0 Å². The summed E-state index contributed by atoms with van der Waals surface area (Å²) < 4.78 is 6.84. The molecule has 3 heteroatoms. The van der Waals surface area contributed by atoms with Crippen molar-refractivity contribution in [2.75, 3.05) is 13.2 Å². The normalized spacial score (nSPS) is 13.6. The van der Waals surface area contributed by atoms with Crippen molar-refractivity contribution in [2.24, 2.45) is 5.92 Å². The van der Waals surface area contributed by atoms with Gasteiger partial charge in [-0.15, -0.1) is 0 Å². The first-order chi connectivity index (χ1) is 11.9. The van der Waals surface area contributed by atoms with Crippen molar-refractivity contribution >= 4 is 18.7 Å². The van der Waals surface area contributed by atoms with Gasteiger partial charge in [0, 0.05) is 13.2 Å². The second kappa shape index (κ2) is 8.79. The second-order valence-electron chi connectivity index (χ2n) is 7.92. The van der Waals surface area contributed by atoms with Crippen molar-refractivity contribution < 1.29 is 9.53 Å². The van der Waals surface area contributed by atoms with Gasteiger partial charge in [-0.25, -0.2) is 0 Å². The molecule has 1 atom stereocenters. The van der Waals surface area contributed by atoms with Crippen LogP contribution in [-0.2, 0) is 4.43 Å². The molecule has 0 saturated heterocycles. The molecule has 2 aromatic carbocycles. The Hall–Kier alpha value is -1.42. The Morgan fingerprint density at radius 3 is 1.76 bits per heavy atom. The third-order valence-corrected chi connectivity index (χ3v) is 10.0. The lowest BCUT2D eigenvalue weighted by Gasteiger charge is -2.43. The molecule has 0 bridgehead atoms. The van der Waals surface area contributed by atoms with E-state index in [1.165, 1.54) is 10.4 Å². The van der Waals surface area contributed by atoms with Crippen LogP contribution in [0.15, 0.2) is 60.7 Å². The minimum Gasteiger partial charge on any atom is -0.407 e. The van der Waals surface area contributed by atoms with Gasteiger partial charge >= 0.3 is 0 Å². The average Bonchev–Trinajstić information content (AvgIpc) is 2.59. The Kier molecular flexibility index (Phi) is 7.00. The molecule has 25 heavy (non-hydrogen) atoms. The van der Waals surface area contributed by atoms with Gasteiger partial charge in [-0.2, -0.15) is 0 Å². The molecule has 0 aliphatic rings. The highest BCUT2D eigenvalue weighted by Gasteiger charge is 2.49. The molecule has 0 saturated carbocycles. The van der Waals surface area contributed by atoms with Crippen LogP contribution in [0.25, 0.3) is 0 Å². The molecule has 0 aliphatic carbocycles. The highest BCUT2D eigenvalue weighted by molar-refractivity contribution is 6.99. The third-order valence-electron chi connectivity index (χ3n) is 4.97. The maximum atomic E-state index is 9.15. The lowest BCUT2D eigenvalue weighted by Crippen LogP contribution is -2.66. The molecule has 0 fully saturated rings. The minimum atomic E-state index is -2.40. The van der Waals surface area contributed by atoms with Gasteiger partial charge in [-0.3, -0.25) is 0 Å². The van der Waals surface area contributed by atoms with Gasteiger partial charge < -0.3 is 9.53 Å². The molecule has 136 valence electrons. The zero-order chi connectivity index (χ0) is 18.3. The van der Waals surface area contributed by atoms with E-state index in [4.69, 9.17) is 9.53 Å². The van der Waals surface area contributed by atoms with E-state index < -0.39 is 8.32 Å². The Labute approximate surface area is 154 Å². The third kappa shape index (κ3) is 4.60. The van der Waals surface area contributed by atoms with Crippen LogP contribution in [0, 0.1) is 5.92 Å². The first-order valence-electron chi connectivity index (χ1n) is 9.27. The molecule has 0 radical (unpaired) electrons. The van der Waals surface area contributed by atoms with Crippen molar-refractivity contribution in [3.05, 3.63) is 60.7 Å². The summed E-state index contributed by atoms with van der Waals surface area (Å²) in [4.78, 5) is 0. The molecule has 0 heterocycles. The standard InChI is InChI=1S/C22H32O2Si/c1-19(15-17-23)16-18-24-25(22(2,3)4,20-11-7-5-8-12-20)21-13-9-6-10-14-21/h5-14,19,23H,15-18H2,1-4H3. The predicted octanol–water partition coefficient (Wildman–Crippen LogP) is 3.97. The molecule has 0 spiro atoms. The van der Waals surface area contributed by atoms with E-state index in [0.717, 1.165) is 19.4 Å². The number of rotatable bonds is 8. The summed E-state index contributed by atoms with van der Waals surface area (Å²) in [7, 11) is -2.40. The van der Waals surface area contributed by atoms with Crippen LogP contribution in [0.4, 0.5) is 0 Å². The summed E-state index contributed by atoms with van der Waals surface area (Å²) in [6.07, 6.45) is 1.81. The lowest BCUT2D eigenvalue weighted by atomic mass is 10.1. The number of aliphatic hydroxyl groups excluding tert-OH is 1. The van der Waals surface area contributed by atoms with Crippen LogP contribution < -0.4 is 10.4 Å². The Morgan fingerprint density at radius 2 is 1.36 bits per heavy atom. The number of benzene rings is 2. The Bertz CT molecular complexity index is 580. The zero-order valence-electron chi connectivity index (χ0n) is 16.0. The van der Waals surface area contributed by atoms with Crippen molar-refractivity contribution in [1.82, 2.24) is 0 Å². The topological polar surface area (TPSA) is 29.5 Å². The molecule has 0 amide bonds. The highest BCUT2D eigenvalue weighted by Crippen LogP contribution is 2.36. The largest absolute Gasteiger partial charge is 0.407 e. The van der Waals surface area contributed by atoms with Crippen LogP contribution in [0.1, 0.15) is 40.5 Å². The molecule has 0 aliphatic heterocycles. The number of hydrogen-bond donors (Lipinski definition) is 1. The quantitative estimate of drug-likeness (QED) is 0.725. The van der Waals surface area contributed by atoms with E-state index in [1.807, 2.05) is 0 Å². The zero-order valence-corrected chi connectivity index (χ0v) is 17.0. The van der Waals surface area contributed by atoms with E-state index in [9.17, 15) is 0 Å². The first-order valence-corrected chi connectivity index (χ1v) is 11.2. The summed E-state index contributed by atoms with van der Waals surface area (Å²) >= 11 is 0. The van der Waals surface area contributed by atoms with E-state index in [2.05, 4.69) is 88.4 Å². The minimum absolute atomic E-state index is 0.0237. The second-order valence-corrected chi connectivity index (χ2v) is 12.2. The molecule has 2 nitrogen and oxygen atoms in total. The maximum absolute atomic E-state index is 9.15. The lowest BCUT2D eigenvalue weighted by molar-refractivity contribution is 0.227. The molecule has 0 aromatic heterocycles. The molecular formula is C22H32O2Si. The van der Waals surface area contributed by atoms with Crippen LogP contribution in [0.5, 0.6) is 0 Å². The van der Waals surface area contributed by atoms with Crippen LogP contribution in [-0.4, -0.2) is 26.6 Å². The summed E-state index contributed by atoms with van der Waals surface area (Å²) in [6, 6.07) is 21.5. The molecule has 2 aromatic rings. The summed E-state index contributed by atoms with van der Waals surface area (Å²) in [5.41, 5.74) is 0. The fraction of sp³-hybridized carbons (Fsp3) is 0.455. The molecule has 1 N–H and O–H groups in total. The van der Waals surface area contributed by atoms with Crippen LogP contribution >= 0.6 is 0 Å². The Morgan fingerprint density at radius 1 is 0.880 bits per heavy atom. The van der Waals surface area contributed by atoms with Gasteiger partial charge in [-0.1, -0.05) is 88.4 Å². The SMILES string of the molecule is CC(CCO)CCO[Si](c1ccccc1)(c1ccccc1)C(C)(C)C. The Balaban J connectivity index is 2.42. The van der Waals surface area contributed by atoms with Crippen molar-refractivity contribution in [3.63, 3.8) is 0 Å². The van der Waals surface area contributed by atoms with Crippen molar-refractivity contribution in [1.29, 1.82) is 0 Å². The van der Waals surface area contributed by atoms with Gasteiger partial charge in [0.25, 0.3) is 8.32 Å². The van der Waals surface area contributed by atoms with Crippen LogP contribution in [0.2, 0.25) is 5.04 Å². The first kappa shape index (κ1) is 19.9. The molecule has 2 rings (SSSR count). The predicted molar refractivity (Wildman–Crippen MR) is 109 cm³/mol. The average molecular weight is 357 g/mol. The van der Waals surface area contributed by atoms with Crippen molar-refractivity contribution in [2.45, 2.75) is 45.6 Å². The van der Waals surface area contributed by atoms with Crippen molar-refractivity contribution in [3.8, 4) is 0 Å². The molecular weight excluding hydrogens is 324 g/mol.